The maximum Gasteiger partial charge on any atom is 0.247 e. The highest BCUT2D eigenvalue weighted by Crippen LogP contribution is 2.19. The van der Waals surface area contributed by atoms with Crippen molar-refractivity contribution in [1.82, 2.24) is 25.0 Å². The lowest BCUT2D eigenvalue weighted by Gasteiger charge is -2.34. The highest BCUT2D eigenvalue weighted by molar-refractivity contribution is 5.76. The molecule has 0 bridgehead atoms. The van der Waals surface area contributed by atoms with Gasteiger partial charge < -0.3 is 9.32 Å². The van der Waals surface area contributed by atoms with E-state index < -0.39 is 0 Å². The van der Waals surface area contributed by atoms with Gasteiger partial charge in [-0.05, 0) is 36.8 Å². The minimum Gasteiger partial charge on any atom is -0.421 e. The van der Waals surface area contributed by atoms with Crippen LogP contribution in [-0.2, 0) is 17.8 Å². The Morgan fingerprint density at radius 1 is 1.00 bits per heavy atom. The van der Waals surface area contributed by atoms with E-state index in [0.717, 1.165) is 38.3 Å². The van der Waals surface area contributed by atoms with Crippen LogP contribution >= 0.6 is 0 Å². The molecule has 1 aliphatic rings. The van der Waals surface area contributed by atoms with Crippen LogP contribution in [-0.4, -0.2) is 57.1 Å². The van der Waals surface area contributed by atoms with Gasteiger partial charge in [-0.15, -0.1) is 10.2 Å². The number of pyridine rings is 1. The number of benzene rings is 1. The molecule has 1 aliphatic heterocycles. The van der Waals surface area contributed by atoms with Gasteiger partial charge in [0.05, 0.1) is 0 Å². The van der Waals surface area contributed by atoms with Crippen LogP contribution in [0, 0.1) is 6.92 Å². The second-order valence-corrected chi connectivity index (χ2v) is 7.38. The first-order valence-electron chi connectivity index (χ1n) is 9.96. The number of carbonyl (C=O) groups excluding carboxylic acids is 1. The third kappa shape index (κ3) is 5.06. The summed E-state index contributed by atoms with van der Waals surface area (Å²) < 4.78 is 5.72. The first-order valence-corrected chi connectivity index (χ1v) is 9.96. The monoisotopic (exact) mass is 391 g/mol. The number of piperazine rings is 1. The zero-order chi connectivity index (χ0) is 20.1. The quantitative estimate of drug-likeness (QED) is 0.643. The van der Waals surface area contributed by atoms with Crippen molar-refractivity contribution in [1.29, 1.82) is 0 Å². The number of aryl methyl sites for hydroxylation is 2. The van der Waals surface area contributed by atoms with Crippen molar-refractivity contribution in [2.24, 2.45) is 0 Å². The average Bonchev–Trinajstić information content (AvgIpc) is 3.23. The molecule has 0 N–H and O–H groups in total. The molecule has 0 saturated carbocycles. The van der Waals surface area contributed by atoms with Gasteiger partial charge in [0.1, 0.15) is 0 Å². The molecule has 1 saturated heterocycles. The molecule has 0 unspecified atom stereocenters. The Bertz CT molecular complexity index is 931. The van der Waals surface area contributed by atoms with Gasteiger partial charge in [-0.1, -0.05) is 17.7 Å². The van der Waals surface area contributed by atoms with Crippen LogP contribution in [0.1, 0.15) is 23.4 Å². The molecule has 1 fully saturated rings. The summed E-state index contributed by atoms with van der Waals surface area (Å²) in [6, 6.07) is 12.0. The predicted octanol–water partition coefficient (Wildman–Crippen LogP) is 2.72. The minimum absolute atomic E-state index is 0.142. The Labute approximate surface area is 170 Å². The molecule has 3 aromatic rings. The van der Waals surface area contributed by atoms with Crippen molar-refractivity contribution < 1.29 is 9.21 Å². The van der Waals surface area contributed by atoms with Crippen molar-refractivity contribution in [2.75, 3.05) is 26.2 Å². The average molecular weight is 391 g/mol. The summed E-state index contributed by atoms with van der Waals surface area (Å²) in [5.41, 5.74) is 3.33. The molecular weight excluding hydrogens is 366 g/mol. The fraction of sp³-hybridized carbons (Fsp3) is 0.364. The molecule has 2 aromatic heterocycles. The van der Waals surface area contributed by atoms with Gasteiger partial charge in [-0.3, -0.25) is 14.7 Å². The summed E-state index contributed by atoms with van der Waals surface area (Å²) in [5.74, 6) is 1.14. The first kappa shape index (κ1) is 19.3. The number of aromatic nitrogens is 3. The van der Waals surface area contributed by atoms with Crippen molar-refractivity contribution in [3.05, 3.63) is 65.8 Å². The van der Waals surface area contributed by atoms with Gasteiger partial charge in [0.15, 0.2) is 0 Å². The smallest absolute Gasteiger partial charge is 0.247 e. The minimum atomic E-state index is 0.142. The van der Waals surface area contributed by atoms with Gasteiger partial charge in [0.2, 0.25) is 17.7 Å². The zero-order valence-electron chi connectivity index (χ0n) is 16.6. The maximum absolute atomic E-state index is 12.6. The van der Waals surface area contributed by atoms with Crippen LogP contribution in [0.2, 0.25) is 0 Å². The summed E-state index contributed by atoms with van der Waals surface area (Å²) in [6.45, 7) is 6.20. The first-order chi connectivity index (χ1) is 14.2. The van der Waals surface area contributed by atoms with E-state index in [9.17, 15) is 4.79 Å². The molecule has 0 atom stereocenters. The summed E-state index contributed by atoms with van der Waals surface area (Å²) >= 11 is 0. The van der Waals surface area contributed by atoms with Crippen LogP contribution in [0.5, 0.6) is 0 Å². The zero-order valence-corrected chi connectivity index (χ0v) is 16.6. The predicted molar refractivity (Wildman–Crippen MR) is 109 cm³/mol. The van der Waals surface area contributed by atoms with Gasteiger partial charge >= 0.3 is 0 Å². The molecule has 7 nitrogen and oxygen atoms in total. The molecule has 1 aromatic carbocycles. The summed E-state index contributed by atoms with van der Waals surface area (Å²) in [7, 11) is 0. The third-order valence-electron chi connectivity index (χ3n) is 5.20. The topological polar surface area (TPSA) is 75.4 Å². The van der Waals surface area contributed by atoms with Crippen molar-refractivity contribution in [3.8, 4) is 11.5 Å². The van der Waals surface area contributed by atoms with E-state index in [1.807, 2.05) is 60.6 Å². The Balaban J connectivity index is 1.24. The van der Waals surface area contributed by atoms with E-state index in [4.69, 9.17) is 4.42 Å². The van der Waals surface area contributed by atoms with E-state index in [2.05, 4.69) is 20.1 Å². The molecule has 150 valence electrons. The largest absolute Gasteiger partial charge is 0.421 e. The molecule has 0 aliphatic carbocycles. The Hall–Kier alpha value is -3.06. The molecule has 0 spiro atoms. The number of rotatable bonds is 6. The normalized spacial score (nSPS) is 14.9. The van der Waals surface area contributed by atoms with Crippen molar-refractivity contribution >= 4 is 5.91 Å². The molecule has 7 heteroatoms. The number of carbonyl (C=O) groups is 1. The van der Waals surface area contributed by atoms with Crippen molar-refractivity contribution in [3.63, 3.8) is 0 Å². The summed E-state index contributed by atoms with van der Waals surface area (Å²) in [6.07, 6.45) is 4.49. The van der Waals surface area contributed by atoms with Gasteiger partial charge in [-0.2, -0.15) is 0 Å². The Kier molecular flexibility index (Phi) is 5.95. The van der Waals surface area contributed by atoms with E-state index in [1.165, 1.54) is 11.1 Å². The number of nitrogens with zero attached hydrogens (tertiary/aromatic N) is 5. The van der Waals surface area contributed by atoms with Crippen LogP contribution in [0.4, 0.5) is 0 Å². The lowest BCUT2D eigenvalue weighted by molar-refractivity contribution is -0.133. The molecule has 3 heterocycles. The molecule has 1 amide bonds. The van der Waals surface area contributed by atoms with Gasteiger partial charge in [-0.25, -0.2) is 0 Å². The Morgan fingerprint density at radius 3 is 2.45 bits per heavy atom. The summed E-state index contributed by atoms with van der Waals surface area (Å²) in [4.78, 5) is 20.9. The van der Waals surface area contributed by atoms with E-state index >= 15 is 0 Å². The van der Waals surface area contributed by atoms with E-state index in [1.54, 1.807) is 0 Å². The van der Waals surface area contributed by atoms with Crippen molar-refractivity contribution in [2.45, 2.75) is 26.3 Å². The van der Waals surface area contributed by atoms with Crippen LogP contribution in [0.25, 0.3) is 11.5 Å². The highest BCUT2D eigenvalue weighted by Gasteiger charge is 2.21. The summed E-state index contributed by atoms with van der Waals surface area (Å²) in [5, 5.41) is 8.19. The van der Waals surface area contributed by atoms with Gasteiger partial charge in [0.25, 0.3) is 0 Å². The number of hydrogen-bond donors (Lipinski definition) is 0. The number of hydrogen-bond acceptors (Lipinski definition) is 6. The fourth-order valence-electron chi connectivity index (χ4n) is 3.44. The Morgan fingerprint density at radius 2 is 1.72 bits per heavy atom. The highest BCUT2D eigenvalue weighted by atomic mass is 16.4. The standard InChI is InChI=1S/C22H25N5O2/c1-17-2-4-19(5-3-17)22-25-24-20(29-22)6-7-21(28)27-14-12-26(13-15-27)16-18-8-10-23-11-9-18/h2-5,8-11H,6-7,12-16H2,1H3. The van der Waals surface area contributed by atoms with Crippen LogP contribution in [0.3, 0.4) is 0 Å². The molecule has 29 heavy (non-hydrogen) atoms. The lowest BCUT2D eigenvalue weighted by atomic mass is 10.1. The SMILES string of the molecule is Cc1ccc(-c2nnc(CCC(=O)N3CCN(Cc4ccncc4)CC3)o2)cc1. The van der Waals surface area contributed by atoms with Gasteiger partial charge in [0, 0.05) is 63.5 Å². The maximum atomic E-state index is 12.6. The molecular formula is C22H25N5O2. The van der Waals surface area contributed by atoms with Crippen LogP contribution < -0.4 is 0 Å². The molecule has 4 rings (SSSR count). The third-order valence-corrected chi connectivity index (χ3v) is 5.20. The van der Waals surface area contributed by atoms with E-state index in [0.29, 0.717) is 24.6 Å². The van der Waals surface area contributed by atoms with Crippen LogP contribution in [0.15, 0.2) is 53.2 Å². The lowest BCUT2D eigenvalue weighted by Crippen LogP contribution is -2.48. The molecule has 0 radical (unpaired) electrons. The second-order valence-electron chi connectivity index (χ2n) is 7.38. The second kappa shape index (κ2) is 8.96. The van der Waals surface area contributed by atoms with E-state index in [-0.39, 0.29) is 5.91 Å². The number of amides is 1. The fourth-order valence-corrected chi connectivity index (χ4v) is 3.44.